The molecule has 34 heavy (non-hydrogen) atoms. The number of hydrogen-bond acceptors (Lipinski definition) is 5. The summed E-state index contributed by atoms with van der Waals surface area (Å²) >= 11 is 1.90. The molecule has 0 amide bonds. The minimum atomic E-state index is 0.100. The van der Waals surface area contributed by atoms with E-state index in [1.54, 1.807) is 5.56 Å². The second kappa shape index (κ2) is 10.5. The van der Waals surface area contributed by atoms with Crippen molar-refractivity contribution in [3.8, 4) is 17.6 Å². The molecule has 0 unspecified atom stereocenters. The summed E-state index contributed by atoms with van der Waals surface area (Å²) < 4.78 is 7.63. The fourth-order valence-corrected chi connectivity index (χ4v) is 6.30. The maximum Gasteiger partial charge on any atom is 0.119 e. The van der Waals surface area contributed by atoms with Crippen molar-refractivity contribution in [3.05, 3.63) is 64.0 Å². The van der Waals surface area contributed by atoms with Gasteiger partial charge in [-0.05, 0) is 89.0 Å². The van der Waals surface area contributed by atoms with Gasteiger partial charge in [0.2, 0.25) is 0 Å². The molecule has 2 heterocycles. The molecule has 5 heteroatoms. The van der Waals surface area contributed by atoms with Crippen LogP contribution in [0.3, 0.4) is 0 Å². The Bertz CT molecular complexity index is 1270. The SMILES string of the molecule is CC#C[C@@H](CC1=NN=NC1)c1ccc(OCc2cc(C)c3scc(C4CCCCC4)c3c2)cc1. The molecule has 1 aromatic heterocycles. The Labute approximate surface area is 206 Å². The van der Waals surface area contributed by atoms with Crippen molar-refractivity contribution in [2.24, 2.45) is 15.4 Å². The molecular weight excluding hydrogens is 438 g/mol. The van der Waals surface area contributed by atoms with Crippen molar-refractivity contribution in [1.82, 2.24) is 0 Å². The Morgan fingerprint density at radius 2 is 1.94 bits per heavy atom. The Hall–Kier alpha value is -2.97. The molecule has 0 saturated heterocycles. The van der Waals surface area contributed by atoms with Crippen LogP contribution < -0.4 is 4.74 Å². The molecule has 0 radical (unpaired) electrons. The number of ether oxygens (including phenoxy) is 1. The van der Waals surface area contributed by atoms with Crippen molar-refractivity contribution in [2.45, 2.75) is 70.8 Å². The van der Waals surface area contributed by atoms with Crippen molar-refractivity contribution in [2.75, 3.05) is 6.54 Å². The molecule has 0 N–H and O–H groups in total. The van der Waals surface area contributed by atoms with Crippen LogP contribution >= 0.6 is 11.3 Å². The van der Waals surface area contributed by atoms with Gasteiger partial charge in [0, 0.05) is 11.1 Å². The summed E-state index contributed by atoms with van der Waals surface area (Å²) in [6.45, 7) is 5.26. The van der Waals surface area contributed by atoms with Crippen molar-refractivity contribution < 1.29 is 4.74 Å². The van der Waals surface area contributed by atoms with Gasteiger partial charge in [-0.3, -0.25) is 0 Å². The molecule has 0 spiro atoms. The fourth-order valence-electron chi connectivity index (χ4n) is 5.19. The molecule has 5 rings (SSSR count). The van der Waals surface area contributed by atoms with E-state index in [-0.39, 0.29) is 5.92 Å². The lowest BCUT2D eigenvalue weighted by atomic mass is 9.83. The van der Waals surface area contributed by atoms with Gasteiger partial charge in [-0.2, -0.15) is 5.11 Å². The number of thiophene rings is 1. The van der Waals surface area contributed by atoms with Gasteiger partial charge in [0.1, 0.15) is 18.9 Å². The van der Waals surface area contributed by atoms with Crippen LogP contribution in [0.4, 0.5) is 0 Å². The van der Waals surface area contributed by atoms with E-state index in [1.165, 1.54) is 58.9 Å². The maximum absolute atomic E-state index is 6.20. The lowest BCUT2D eigenvalue weighted by Gasteiger charge is -2.21. The number of fused-ring (bicyclic) bond motifs is 1. The molecule has 1 fully saturated rings. The van der Waals surface area contributed by atoms with Crippen LogP contribution in [0, 0.1) is 18.8 Å². The monoisotopic (exact) mass is 469 g/mol. The van der Waals surface area contributed by atoms with Crippen LogP contribution in [0.2, 0.25) is 0 Å². The first-order valence-corrected chi connectivity index (χ1v) is 13.2. The highest BCUT2D eigenvalue weighted by Gasteiger charge is 2.20. The van der Waals surface area contributed by atoms with Crippen LogP contribution in [0.15, 0.2) is 57.2 Å². The summed E-state index contributed by atoms with van der Waals surface area (Å²) in [5.41, 5.74) is 6.31. The third-order valence-corrected chi connectivity index (χ3v) is 8.09. The van der Waals surface area contributed by atoms with Gasteiger partial charge >= 0.3 is 0 Å². The first-order chi connectivity index (χ1) is 16.7. The summed E-state index contributed by atoms with van der Waals surface area (Å²) in [5, 5.41) is 15.6. The molecule has 3 aromatic rings. The molecule has 1 atom stereocenters. The molecule has 1 aliphatic carbocycles. The number of aryl methyl sites for hydroxylation is 1. The summed E-state index contributed by atoms with van der Waals surface area (Å²) in [6.07, 6.45) is 7.54. The average molecular weight is 470 g/mol. The minimum absolute atomic E-state index is 0.100. The number of nitrogens with zero attached hydrogens (tertiary/aromatic N) is 3. The zero-order valence-corrected chi connectivity index (χ0v) is 20.8. The highest BCUT2D eigenvalue weighted by Crippen LogP contribution is 2.40. The van der Waals surface area contributed by atoms with Gasteiger partial charge in [0.15, 0.2) is 0 Å². The normalized spacial score (nSPS) is 16.8. The Balaban J connectivity index is 1.28. The maximum atomic E-state index is 6.20. The fraction of sp³-hybridized carbons (Fsp3) is 0.414. The lowest BCUT2D eigenvalue weighted by Crippen LogP contribution is -2.07. The quantitative estimate of drug-likeness (QED) is 0.322. The van der Waals surface area contributed by atoms with E-state index >= 15 is 0 Å². The smallest absolute Gasteiger partial charge is 0.119 e. The lowest BCUT2D eigenvalue weighted by molar-refractivity contribution is 0.306. The number of benzene rings is 2. The second-order valence-corrected chi connectivity index (χ2v) is 10.3. The van der Waals surface area contributed by atoms with Gasteiger partial charge in [-0.15, -0.1) is 22.4 Å². The largest absolute Gasteiger partial charge is 0.489 e. The third kappa shape index (κ3) is 5.08. The summed E-state index contributed by atoms with van der Waals surface area (Å²) in [7, 11) is 0. The molecular formula is C29H31N3OS. The van der Waals surface area contributed by atoms with Crippen LogP contribution in [0.5, 0.6) is 5.75 Å². The van der Waals surface area contributed by atoms with Gasteiger partial charge < -0.3 is 4.74 Å². The van der Waals surface area contributed by atoms with Crippen LogP contribution in [-0.4, -0.2) is 12.3 Å². The zero-order chi connectivity index (χ0) is 23.3. The van der Waals surface area contributed by atoms with E-state index < -0.39 is 0 Å². The summed E-state index contributed by atoms with van der Waals surface area (Å²) in [4.78, 5) is 0. The predicted molar refractivity (Wildman–Crippen MR) is 141 cm³/mol. The summed E-state index contributed by atoms with van der Waals surface area (Å²) in [6, 6.07) is 13.0. The van der Waals surface area contributed by atoms with Crippen LogP contribution in [0.25, 0.3) is 10.1 Å². The molecule has 4 nitrogen and oxygen atoms in total. The van der Waals surface area contributed by atoms with E-state index in [2.05, 4.69) is 63.8 Å². The van der Waals surface area contributed by atoms with E-state index in [0.717, 1.165) is 23.8 Å². The van der Waals surface area contributed by atoms with E-state index in [4.69, 9.17) is 4.74 Å². The standard InChI is InChI=1S/C29H31N3OS/c1-3-7-24(16-25-17-30-32-31-25)22-10-12-26(13-11-22)33-18-21-14-20(2)29-27(15-21)28(19-34-29)23-8-5-4-6-9-23/h10-15,19,23-24H,4-6,8-9,16-18H2,1-2H3/t24-/m0/s1. The first kappa shape index (κ1) is 22.8. The predicted octanol–water partition coefficient (Wildman–Crippen LogP) is 8.16. The van der Waals surface area contributed by atoms with Crippen molar-refractivity contribution in [1.29, 1.82) is 0 Å². The van der Waals surface area contributed by atoms with Gasteiger partial charge in [-0.25, -0.2) is 0 Å². The molecule has 2 aliphatic rings. The van der Waals surface area contributed by atoms with Gasteiger partial charge in [0.25, 0.3) is 0 Å². The Morgan fingerprint density at radius 3 is 2.68 bits per heavy atom. The Morgan fingerprint density at radius 1 is 1.12 bits per heavy atom. The number of hydrogen-bond donors (Lipinski definition) is 0. The minimum Gasteiger partial charge on any atom is -0.489 e. The second-order valence-electron chi connectivity index (χ2n) is 9.38. The molecule has 174 valence electrons. The van der Waals surface area contributed by atoms with Crippen molar-refractivity contribution >= 4 is 27.1 Å². The van der Waals surface area contributed by atoms with Crippen molar-refractivity contribution in [3.63, 3.8) is 0 Å². The van der Waals surface area contributed by atoms with Gasteiger partial charge in [0.05, 0.1) is 11.6 Å². The van der Waals surface area contributed by atoms with E-state index in [0.29, 0.717) is 13.2 Å². The molecule has 2 aromatic carbocycles. The van der Waals surface area contributed by atoms with Gasteiger partial charge in [-0.1, -0.05) is 43.4 Å². The highest BCUT2D eigenvalue weighted by atomic mass is 32.1. The molecule has 1 aliphatic heterocycles. The van der Waals surface area contributed by atoms with E-state index in [9.17, 15) is 0 Å². The molecule has 1 saturated carbocycles. The third-order valence-electron chi connectivity index (χ3n) is 6.94. The zero-order valence-electron chi connectivity index (χ0n) is 20.0. The van der Waals surface area contributed by atoms with Crippen LogP contribution in [-0.2, 0) is 6.61 Å². The van der Waals surface area contributed by atoms with Crippen LogP contribution in [0.1, 0.15) is 79.5 Å². The highest BCUT2D eigenvalue weighted by molar-refractivity contribution is 7.17. The first-order valence-electron chi connectivity index (χ1n) is 12.3. The average Bonchev–Trinajstić information content (AvgIpc) is 3.54. The summed E-state index contributed by atoms with van der Waals surface area (Å²) in [5.74, 6) is 8.06. The van der Waals surface area contributed by atoms with E-state index in [1.807, 2.05) is 30.4 Å². The number of rotatable bonds is 7. The Kier molecular flexibility index (Phi) is 7.06. The molecule has 0 bridgehead atoms. The topological polar surface area (TPSA) is 46.3 Å².